The fraction of sp³-hybridized carbons (Fsp3) is 0.256. The van der Waals surface area contributed by atoms with Crippen molar-refractivity contribution in [3.05, 3.63) is 149 Å². The lowest BCUT2D eigenvalue weighted by Gasteiger charge is -2.35. The van der Waals surface area contributed by atoms with Gasteiger partial charge in [-0.2, -0.15) is 0 Å². The van der Waals surface area contributed by atoms with Crippen LogP contribution in [0.4, 0.5) is 17.7 Å². The molecule has 0 radical (unpaired) electrons. The highest BCUT2D eigenvalue weighted by Crippen LogP contribution is 2.26. The molecule has 9 heterocycles. The van der Waals surface area contributed by atoms with Crippen LogP contribution in [0.15, 0.2) is 98.1 Å². The number of anilines is 3. The maximum absolute atomic E-state index is 5.62. The second kappa shape index (κ2) is 15.7. The number of ether oxygens (including phenoxy) is 1. The number of aromatic amines is 2. The standard InChI is InChI=1S/C43H43N13O/c1-28-14-37-33(24-46-40(37)44-18-28)16-31-20-48-42(49-21-31)55(26-35-7-4-6-30(3)52-35)56(27-36-8-5-9-39(53-36)54-10-12-57-13-11-54)43-50-22-32(23-51-43)17-34-25-47-41-38(34)15-29(2)19-45-41/h4-9,14-15,18-25H,10-13,16-17,26-27H2,1-3H3,(H,44,46)(H,45,47). The number of H-pyrrole nitrogens is 2. The van der Waals surface area contributed by atoms with E-state index >= 15 is 0 Å². The molecule has 0 aromatic carbocycles. The van der Waals surface area contributed by atoms with E-state index in [0.29, 0.717) is 51.0 Å². The number of nitrogens with zero attached hydrogens (tertiary/aromatic N) is 11. The van der Waals surface area contributed by atoms with E-state index in [2.05, 4.69) is 50.8 Å². The Morgan fingerprint density at radius 1 is 0.614 bits per heavy atom. The Labute approximate surface area is 330 Å². The maximum Gasteiger partial charge on any atom is 0.244 e. The number of hydrogen-bond donors (Lipinski definition) is 2. The van der Waals surface area contributed by atoms with Gasteiger partial charge in [-0.1, -0.05) is 12.1 Å². The van der Waals surface area contributed by atoms with Gasteiger partial charge in [0, 0.05) is 92.0 Å². The predicted octanol–water partition coefficient (Wildman–Crippen LogP) is 6.38. The molecule has 0 saturated carbocycles. The number of aryl methyl sites for hydroxylation is 3. The van der Waals surface area contributed by atoms with Crippen LogP contribution >= 0.6 is 0 Å². The van der Waals surface area contributed by atoms with Crippen molar-refractivity contribution >= 4 is 39.8 Å². The second-order valence-corrected chi connectivity index (χ2v) is 14.6. The van der Waals surface area contributed by atoms with Crippen LogP contribution in [-0.4, -0.2) is 76.1 Å². The zero-order valence-corrected chi connectivity index (χ0v) is 32.2. The van der Waals surface area contributed by atoms with Crippen LogP contribution in [0.1, 0.15) is 50.5 Å². The number of rotatable bonds is 12. The molecule has 14 heteroatoms. The molecule has 57 heavy (non-hydrogen) atoms. The van der Waals surface area contributed by atoms with Crippen molar-refractivity contribution in [2.75, 3.05) is 41.2 Å². The third kappa shape index (κ3) is 7.98. The van der Waals surface area contributed by atoms with Crippen LogP contribution in [0.25, 0.3) is 22.1 Å². The summed E-state index contributed by atoms with van der Waals surface area (Å²) >= 11 is 0. The molecule has 0 bridgehead atoms. The van der Waals surface area contributed by atoms with Crippen molar-refractivity contribution < 1.29 is 4.74 Å². The highest BCUT2D eigenvalue weighted by atomic mass is 16.5. The van der Waals surface area contributed by atoms with Gasteiger partial charge in [0.1, 0.15) is 17.1 Å². The van der Waals surface area contributed by atoms with E-state index in [1.54, 1.807) is 0 Å². The average molecular weight is 758 g/mol. The summed E-state index contributed by atoms with van der Waals surface area (Å²) in [7, 11) is 0. The lowest BCUT2D eigenvalue weighted by Crippen LogP contribution is -2.44. The van der Waals surface area contributed by atoms with E-state index in [-0.39, 0.29) is 0 Å². The maximum atomic E-state index is 5.62. The normalized spacial score (nSPS) is 13.1. The molecule has 0 unspecified atom stereocenters. The summed E-state index contributed by atoms with van der Waals surface area (Å²) < 4.78 is 5.62. The van der Waals surface area contributed by atoms with Gasteiger partial charge in [0.15, 0.2) is 0 Å². The first-order chi connectivity index (χ1) is 27.9. The van der Waals surface area contributed by atoms with E-state index in [1.807, 2.05) is 103 Å². The Bertz CT molecular complexity index is 2630. The summed E-state index contributed by atoms with van der Waals surface area (Å²) in [5, 5.41) is 6.19. The number of pyridine rings is 4. The van der Waals surface area contributed by atoms with Crippen molar-refractivity contribution in [1.82, 2.24) is 49.8 Å². The van der Waals surface area contributed by atoms with Crippen molar-refractivity contribution in [3.63, 3.8) is 0 Å². The Morgan fingerprint density at radius 3 is 1.65 bits per heavy atom. The number of morpholine rings is 1. The van der Waals surface area contributed by atoms with Gasteiger partial charge in [0.25, 0.3) is 0 Å². The van der Waals surface area contributed by atoms with Crippen LogP contribution in [0.3, 0.4) is 0 Å². The van der Waals surface area contributed by atoms with Crippen molar-refractivity contribution in [2.24, 2.45) is 0 Å². The fourth-order valence-electron chi connectivity index (χ4n) is 7.25. The molecule has 8 aromatic heterocycles. The Kier molecular flexibility index (Phi) is 9.91. The van der Waals surface area contributed by atoms with E-state index in [9.17, 15) is 0 Å². The molecule has 0 aliphatic carbocycles. The number of hydrogen-bond acceptors (Lipinski definition) is 12. The molecule has 286 valence electrons. The molecule has 8 aromatic rings. The van der Waals surface area contributed by atoms with Gasteiger partial charge >= 0.3 is 0 Å². The fourth-order valence-corrected chi connectivity index (χ4v) is 7.25. The number of nitrogens with one attached hydrogen (secondary N) is 2. The highest BCUT2D eigenvalue weighted by molar-refractivity contribution is 5.81. The molecule has 1 aliphatic heterocycles. The Hall–Kier alpha value is -6.80. The lowest BCUT2D eigenvalue weighted by molar-refractivity contribution is 0.122. The van der Waals surface area contributed by atoms with Gasteiger partial charge in [-0.25, -0.2) is 44.9 Å². The molecular weight excluding hydrogens is 715 g/mol. The molecule has 1 aliphatic rings. The van der Waals surface area contributed by atoms with Gasteiger partial charge in [0.2, 0.25) is 11.9 Å². The minimum absolute atomic E-state index is 0.351. The van der Waals surface area contributed by atoms with E-state index in [1.165, 1.54) is 0 Å². The molecule has 0 amide bonds. The number of aromatic nitrogens is 10. The summed E-state index contributed by atoms with van der Waals surface area (Å²) in [6, 6.07) is 16.5. The molecule has 2 N–H and O–H groups in total. The molecular formula is C43H43N13O. The lowest BCUT2D eigenvalue weighted by atomic mass is 10.1. The topological polar surface area (TPSA) is 154 Å². The van der Waals surface area contributed by atoms with Gasteiger partial charge in [-0.05, 0) is 90.6 Å². The van der Waals surface area contributed by atoms with Crippen molar-refractivity contribution in [3.8, 4) is 0 Å². The molecule has 1 saturated heterocycles. The van der Waals surface area contributed by atoms with Gasteiger partial charge in [0.05, 0.1) is 37.7 Å². The number of fused-ring (bicyclic) bond motifs is 2. The van der Waals surface area contributed by atoms with Crippen LogP contribution in [0.2, 0.25) is 0 Å². The van der Waals surface area contributed by atoms with E-state index in [4.69, 9.17) is 34.6 Å². The zero-order chi connectivity index (χ0) is 38.7. The van der Waals surface area contributed by atoms with Gasteiger partial charge in [-0.15, -0.1) is 0 Å². The predicted molar refractivity (Wildman–Crippen MR) is 220 cm³/mol. The molecule has 14 nitrogen and oxygen atoms in total. The Morgan fingerprint density at radius 2 is 1.12 bits per heavy atom. The van der Waals surface area contributed by atoms with Crippen molar-refractivity contribution in [2.45, 2.75) is 46.7 Å². The van der Waals surface area contributed by atoms with Gasteiger partial charge < -0.3 is 19.6 Å². The highest BCUT2D eigenvalue weighted by Gasteiger charge is 2.25. The van der Waals surface area contributed by atoms with Crippen LogP contribution < -0.4 is 14.9 Å². The zero-order valence-electron chi connectivity index (χ0n) is 32.2. The monoisotopic (exact) mass is 757 g/mol. The molecule has 9 rings (SSSR count). The first-order valence-electron chi connectivity index (χ1n) is 19.1. The summed E-state index contributed by atoms with van der Waals surface area (Å²) in [4.78, 5) is 47.8. The van der Waals surface area contributed by atoms with Crippen LogP contribution in [0, 0.1) is 20.8 Å². The molecule has 0 spiro atoms. The Balaban J connectivity index is 1.08. The minimum atomic E-state index is 0.351. The average Bonchev–Trinajstić information content (AvgIpc) is 3.83. The molecule has 1 fully saturated rings. The van der Waals surface area contributed by atoms with Crippen molar-refractivity contribution in [1.29, 1.82) is 0 Å². The smallest absolute Gasteiger partial charge is 0.244 e. The quantitative estimate of drug-likeness (QED) is 0.133. The van der Waals surface area contributed by atoms with E-state index < -0.39 is 0 Å². The van der Waals surface area contributed by atoms with Gasteiger partial charge in [-0.3, -0.25) is 4.98 Å². The first-order valence-corrected chi connectivity index (χ1v) is 19.1. The van der Waals surface area contributed by atoms with Crippen LogP contribution in [-0.2, 0) is 30.7 Å². The third-order valence-electron chi connectivity index (χ3n) is 10.1. The second-order valence-electron chi connectivity index (χ2n) is 14.6. The van der Waals surface area contributed by atoms with Crippen LogP contribution in [0.5, 0.6) is 0 Å². The summed E-state index contributed by atoms with van der Waals surface area (Å²) in [5.41, 5.74) is 10.8. The largest absolute Gasteiger partial charge is 0.378 e. The number of hydrazine groups is 1. The minimum Gasteiger partial charge on any atom is -0.378 e. The summed E-state index contributed by atoms with van der Waals surface area (Å²) in [6.45, 7) is 9.74. The first kappa shape index (κ1) is 35.9. The van der Waals surface area contributed by atoms with E-state index in [0.717, 1.165) is 91.4 Å². The summed E-state index contributed by atoms with van der Waals surface area (Å²) in [5.74, 6) is 1.87. The summed E-state index contributed by atoms with van der Waals surface area (Å²) in [6.07, 6.45) is 16.6. The SMILES string of the molecule is Cc1cnc2[nH]cc(Cc3cnc(N(Cc4cccc(C)n4)N(Cc4cccc(N5CCOCC5)n4)c4ncc(Cc5c[nH]c6ncc(C)cc56)cn4)nc3)c2c1. The molecule has 0 atom stereocenters. The third-order valence-corrected chi connectivity index (χ3v) is 10.1.